The Morgan fingerprint density at radius 1 is 1.28 bits per heavy atom. The van der Waals surface area contributed by atoms with Crippen LogP contribution in [0.1, 0.15) is 18.1 Å². The van der Waals surface area contributed by atoms with Gasteiger partial charge in [-0.1, -0.05) is 41.4 Å². The molecular formula is C13H11Cl2NOS. The number of carbonyl (C=O) groups excluding carboxylic acids is 1. The van der Waals surface area contributed by atoms with Crippen molar-refractivity contribution in [2.45, 2.75) is 13.3 Å². The molecule has 0 saturated heterocycles. The third-order valence-electron chi connectivity index (χ3n) is 2.44. The Labute approximate surface area is 120 Å². The summed E-state index contributed by atoms with van der Waals surface area (Å²) in [5, 5.41) is 2.81. The van der Waals surface area contributed by atoms with E-state index in [1.807, 2.05) is 30.3 Å². The van der Waals surface area contributed by atoms with Gasteiger partial charge in [0.2, 0.25) is 5.91 Å². The number of benzene rings is 1. The van der Waals surface area contributed by atoms with Crippen LogP contribution in [0.5, 0.6) is 0 Å². The van der Waals surface area contributed by atoms with E-state index in [2.05, 4.69) is 5.32 Å². The van der Waals surface area contributed by atoms with Gasteiger partial charge in [-0.15, -0.1) is 11.3 Å². The molecule has 0 atom stereocenters. The van der Waals surface area contributed by atoms with Crippen molar-refractivity contribution in [3.63, 3.8) is 0 Å². The summed E-state index contributed by atoms with van der Waals surface area (Å²) in [4.78, 5) is 11.1. The highest BCUT2D eigenvalue weighted by Crippen LogP contribution is 2.33. The molecule has 2 rings (SSSR count). The molecule has 0 bridgehead atoms. The van der Waals surface area contributed by atoms with Crippen molar-refractivity contribution in [1.29, 1.82) is 0 Å². The largest absolute Gasteiger partial charge is 0.326 e. The predicted molar refractivity (Wildman–Crippen MR) is 77.9 cm³/mol. The number of anilines is 1. The lowest BCUT2D eigenvalue weighted by Crippen LogP contribution is -2.08. The van der Waals surface area contributed by atoms with Gasteiger partial charge in [0.05, 0.1) is 8.67 Å². The van der Waals surface area contributed by atoms with E-state index in [0.29, 0.717) is 15.1 Å². The first-order chi connectivity index (χ1) is 8.56. The summed E-state index contributed by atoms with van der Waals surface area (Å²) in [6.45, 7) is 1.49. The SMILES string of the molecule is CC(=O)Nc1ccccc1Cc1cc(Cl)sc1Cl. The minimum absolute atomic E-state index is 0.0862. The summed E-state index contributed by atoms with van der Waals surface area (Å²) < 4.78 is 1.37. The van der Waals surface area contributed by atoms with E-state index in [1.165, 1.54) is 18.3 Å². The maximum atomic E-state index is 11.1. The van der Waals surface area contributed by atoms with Crippen molar-refractivity contribution in [3.05, 3.63) is 50.1 Å². The topological polar surface area (TPSA) is 29.1 Å². The first-order valence-electron chi connectivity index (χ1n) is 5.35. The average Bonchev–Trinajstić information content (AvgIpc) is 2.59. The van der Waals surface area contributed by atoms with Gasteiger partial charge < -0.3 is 5.32 Å². The number of para-hydroxylation sites is 1. The maximum absolute atomic E-state index is 11.1. The van der Waals surface area contributed by atoms with Gasteiger partial charge in [0.15, 0.2) is 0 Å². The van der Waals surface area contributed by atoms with Gasteiger partial charge in [-0.3, -0.25) is 4.79 Å². The van der Waals surface area contributed by atoms with Crippen LogP contribution in [0.25, 0.3) is 0 Å². The average molecular weight is 300 g/mol. The molecule has 18 heavy (non-hydrogen) atoms. The number of amides is 1. The van der Waals surface area contributed by atoms with Gasteiger partial charge in [0.25, 0.3) is 0 Å². The maximum Gasteiger partial charge on any atom is 0.221 e. The lowest BCUT2D eigenvalue weighted by Gasteiger charge is -2.09. The van der Waals surface area contributed by atoms with E-state index < -0.39 is 0 Å². The van der Waals surface area contributed by atoms with E-state index >= 15 is 0 Å². The molecule has 0 aliphatic rings. The fraction of sp³-hybridized carbons (Fsp3) is 0.154. The van der Waals surface area contributed by atoms with Crippen molar-refractivity contribution in [2.24, 2.45) is 0 Å². The number of thiophene rings is 1. The molecule has 0 spiro atoms. The number of carbonyl (C=O) groups is 1. The molecule has 2 nitrogen and oxygen atoms in total. The summed E-state index contributed by atoms with van der Waals surface area (Å²) >= 11 is 13.4. The first kappa shape index (κ1) is 13.4. The van der Waals surface area contributed by atoms with Crippen LogP contribution >= 0.6 is 34.5 Å². The monoisotopic (exact) mass is 299 g/mol. The van der Waals surface area contributed by atoms with Gasteiger partial charge in [0, 0.05) is 19.0 Å². The van der Waals surface area contributed by atoms with Crippen LogP contribution in [-0.2, 0) is 11.2 Å². The van der Waals surface area contributed by atoms with Crippen LogP contribution in [0.2, 0.25) is 8.67 Å². The second-order valence-corrected chi connectivity index (χ2v) is 6.15. The Kier molecular flexibility index (Phi) is 4.27. The van der Waals surface area contributed by atoms with Gasteiger partial charge >= 0.3 is 0 Å². The lowest BCUT2D eigenvalue weighted by atomic mass is 10.1. The molecule has 1 aromatic carbocycles. The molecule has 0 fully saturated rings. The van der Waals surface area contributed by atoms with E-state index in [9.17, 15) is 4.79 Å². The summed E-state index contributed by atoms with van der Waals surface area (Å²) in [6.07, 6.45) is 0.651. The fourth-order valence-electron chi connectivity index (χ4n) is 1.69. The van der Waals surface area contributed by atoms with Crippen LogP contribution in [0.3, 0.4) is 0 Å². The summed E-state index contributed by atoms with van der Waals surface area (Å²) in [5.41, 5.74) is 2.80. The van der Waals surface area contributed by atoms with Crippen molar-refractivity contribution in [2.75, 3.05) is 5.32 Å². The highest BCUT2D eigenvalue weighted by atomic mass is 35.5. The zero-order chi connectivity index (χ0) is 13.1. The third-order valence-corrected chi connectivity index (χ3v) is 4.01. The quantitative estimate of drug-likeness (QED) is 0.881. The molecule has 94 valence electrons. The Morgan fingerprint density at radius 3 is 2.61 bits per heavy atom. The van der Waals surface area contributed by atoms with Crippen LogP contribution in [0.15, 0.2) is 30.3 Å². The molecule has 0 aliphatic carbocycles. The summed E-state index contributed by atoms with van der Waals surface area (Å²) in [6, 6.07) is 9.52. The molecule has 1 amide bonds. The van der Waals surface area contributed by atoms with Crippen LogP contribution in [0.4, 0.5) is 5.69 Å². The van der Waals surface area contributed by atoms with Crippen molar-refractivity contribution >= 4 is 46.1 Å². The van der Waals surface area contributed by atoms with Gasteiger partial charge in [-0.2, -0.15) is 0 Å². The van der Waals surface area contributed by atoms with Gasteiger partial charge in [-0.05, 0) is 23.3 Å². The minimum Gasteiger partial charge on any atom is -0.326 e. The van der Waals surface area contributed by atoms with Crippen molar-refractivity contribution in [1.82, 2.24) is 0 Å². The first-order valence-corrected chi connectivity index (χ1v) is 6.92. The Balaban J connectivity index is 2.28. The molecule has 2 aromatic rings. The molecule has 0 saturated carbocycles. The fourth-order valence-corrected chi connectivity index (χ4v) is 3.17. The van der Waals surface area contributed by atoms with Crippen LogP contribution < -0.4 is 5.32 Å². The van der Waals surface area contributed by atoms with Crippen LogP contribution in [-0.4, -0.2) is 5.91 Å². The van der Waals surface area contributed by atoms with E-state index in [0.717, 1.165) is 16.8 Å². The zero-order valence-corrected chi connectivity index (χ0v) is 12.0. The van der Waals surface area contributed by atoms with E-state index in [-0.39, 0.29) is 5.91 Å². The molecular weight excluding hydrogens is 289 g/mol. The molecule has 1 heterocycles. The predicted octanol–water partition coefficient (Wildman–Crippen LogP) is 4.60. The molecule has 1 N–H and O–H groups in total. The molecule has 0 radical (unpaired) electrons. The number of nitrogens with one attached hydrogen (secondary N) is 1. The molecule has 0 unspecified atom stereocenters. The summed E-state index contributed by atoms with van der Waals surface area (Å²) in [5.74, 6) is -0.0862. The standard InChI is InChI=1S/C13H11Cl2NOS/c1-8(17)16-11-5-3-2-4-9(11)6-10-7-12(14)18-13(10)15/h2-5,7H,6H2,1H3,(H,16,17). The Morgan fingerprint density at radius 2 is 2.00 bits per heavy atom. The number of rotatable bonds is 3. The Hall–Kier alpha value is -1.03. The second-order valence-electron chi connectivity index (χ2n) is 3.86. The zero-order valence-electron chi connectivity index (χ0n) is 9.67. The molecule has 5 heteroatoms. The summed E-state index contributed by atoms with van der Waals surface area (Å²) in [7, 11) is 0. The molecule has 1 aromatic heterocycles. The highest BCUT2D eigenvalue weighted by molar-refractivity contribution is 7.20. The number of hydrogen-bond donors (Lipinski definition) is 1. The minimum atomic E-state index is -0.0862. The second kappa shape index (κ2) is 5.74. The molecule has 0 aliphatic heterocycles. The number of halogens is 2. The van der Waals surface area contributed by atoms with Gasteiger partial charge in [0.1, 0.15) is 0 Å². The van der Waals surface area contributed by atoms with Crippen molar-refractivity contribution < 1.29 is 4.79 Å². The van der Waals surface area contributed by atoms with Gasteiger partial charge in [-0.25, -0.2) is 0 Å². The van der Waals surface area contributed by atoms with E-state index in [1.54, 1.807) is 0 Å². The highest BCUT2D eigenvalue weighted by Gasteiger charge is 2.09. The lowest BCUT2D eigenvalue weighted by molar-refractivity contribution is -0.114. The smallest absolute Gasteiger partial charge is 0.221 e. The van der Waals surface area contributed by atoms with E-state index in [4.69, 9.17) is 23.2 Å². The van der Waals surface area contributed by atoms with Crippen molar-refractivity contribution in [3.8, 4) is 0 Å². The third kappa shape index (κ3) is 3.25. The normalized spacial score (nSPS) is 10.4. The Bertz CT molecular complexity index is 580. The number of hydrogen-bond acceptors (Lipinski definition) is 2. The van der Waals surface area contributed by atoms with Crippen LogP contribution in [0, 0.1) is 0 Å².